The maximum atomic E-state index is 5.71. The maximum Gasteiger partial charge on any atom is 0.117 e. The van der Waals surface area contributed by atoms with Crippen LogP contribution in [-0.4, -0.2) is 15.2 Å². The topological polar surface area (TPSA) is 51.8 Å². The molecule has 2 N–H and O–H groups in total. The Kier molecular flexibility index (Phi) is 2.77. The molecule has 0 atom stereocenters. The summed E-state index contributed by atoms with van der Waals surface area (Å²) in [5.74, 6) is 0. The summed E-state index contributed by atoms with van der Waals surface area (Å²) < 4.78 is 0. The van der Waals surface area contributed by atoms with Crippen molar-refractivity contribution in [2.45, 2.75) is 24.1 Å². The first-order valence-electron chi connectivity index (χ1n) is 4.83. The molecular formula is C11H13N3S. The number of hydrogen-bond acceptors (Lipinski definition) is 4. The van der Waals surface area contributed by atoms with Crippen LogP contribution in [0.15, 0.2) is 29.6 Å². The average molecular weight is 219 g/mol. The molecule has 2 aromatic rings. The summed E-state index contributed by atoms with van der Waals surface area (Å²) >= 11 is 1.74. The Bertz CT molecular complexity index is 482. The third-order valence-electron chi connectivity index (χ3n) is 1.97. The van der Waals surface area contributed by atoms with Crippen LogP contribution < -0.4 is 5.73 Å². The quantitative estimate of drug-likeness (QED) is 0.479. The summed E-state index contributed by atoms with van der Waals surface area (Å²) in [5.41, 5.74) is 7.36. The summed E-state index contributed by atoms with van der Waals surface area (Å²) in [5, 5.41) is 2.61. The summed E-state index contributed by atoms with van der Waals surface area (Å²) in [6.45, 7) is 4.30. The molecule has 2 rings (SSSR count). The van der Waals surface area contributed by atoms with Crippen molar-refractivity contribution in [1.29, 1.82) is 0 Å². The van der Waals surface area contributed by atoms with Gasteiger partial charge in [0.15, 0.2) is 0 Å². The van der Waals surface area contributed by atoms with E-state index in [1.165, 1.54) is 0 Å². The molecule has 0 aliphatic rings. The van der Waals surface area contributed by atoms with E-state index in [9.17, 15) is 0 Å². The molecule has 1 aromatic carbocycles. The van der Waals surface area contributed by atoms with Gasteiger partial charge in [-0.2, -0.15) is 0 Å². The third-order valence-corrected chi connectivity index (χ3v) is 2.99. The van der Waals surface area contributed by atoms with E-state index >= 15 is 0 Å². The minimum Gasteiger partial charge on any atom is -0.399 e. The SMILES string of the molecule is CC(C)Sc1ncnc2cc(N)ccc12. The lowest BCUT2D eigenvalue weighted by molar-refractivity contribution is 1.06. The van der Waals surface area contributed by atoms with E-state index in [1.54, 1.807) is 18.1 Å². The van der Waals surface area contributed by atoms with E-state index in [4.69, 9.17) is 5.73 Å². The molecule has 0 saturated heterocycles. The number of thioether (sulfide) groups is 1. The molecular weight excluding hydrogens is 206 g/mol. The Morgan fingerprint density at radius 2 is 2.07 bits per heavy atom. The molecule has 1 aromatic heterocycles. The van der Waals surface area contributed by atoms with Gasteiger partial charge in [-0.05, 0) is 18.2 Å². The number of fused-ring (bicyclic) bond motifs is 1. The average Bonchev–Trinajstić information content (AvgIpc) is 2.16. The van der Waals surface area contributed by atoms with Gasteiger partial charge in [-0.3, -0.25) is 0 Å². The van der Waals surface area contributed by atoms with Crippen LogP contribution >= 0.6 is 11.8 Å². The van der Waals surface area contributed by atoms with E-state index in [1.807, 2.05) is 18.2 Å². The lowest BCUT2D eigenvalue weighted by Gasteiger charge is -2.06. The van der Waals surface area contributed by atoms with Gasteiger partial charge in [0.1, 0.15) is 11.4 Å². The van der Waals surface area contributed by atoms with Crippen molar-refractivity contribution in [2.75, 3.05) is 5.73 Å². The van der Waals surface area contributed by atoms with Gasteiger partial charge < -0.3 is 5.73 Å². The van der Waals surface area contributed by atoms with Crippen LogP contribution in [0.4, 0.5) is 5.69 Å². The summed E-state index contributed by atoms with van der Waals surface area (Å²) in [6, 6.07) is 5.74. The van der Waals surface area contributed by atoms with Gasteiger partial charge in [-0.15, -0.1) is 11.8 Å². The second-order valence-electron chi connectivity index (χ2n) is 3.62. The Labute approximate surface area is 93.1 Å². The van der Waals surface area contributed by atoms with Crippen molar-refractivity contribution in [1.82, 2.24) is 9.97 Å². The molecule has 0 aliphatic carbocycles. The van der Waals surface area contributed by atoms with Crippen LogP contribution in [0.5, 0.6) is 0 Å². The van der Waals surface area contributed by atoms with Crippen LogP contribution in [0.25, 0.3) is 10.9 Å². The fourth-order valence-electron chi connectivity index (χ4n) is 1.37. The molecule has 0 bridgehead atoms. The number of nitrogens with zero attached hydrogens (tertiary/aromatic N) is 2. The van der Waals surface area contributed by atoms with Gasteiger partial charge in [0.2, 0.25) is 0 Å². The minimum atomic E-state index is 0.514. The Morgan fingerprint density at radius 3 is 2.80 bits per heavy atom. The first-order valence-corrected chi connectivity index (χ1v) is 5.71. The van der Waals surface area contributed by atoms with Crippen LogP contribution in [-0.2, 0) is 0 Å². The van der Waals surface area contributed by atoms with Crippen LogP contribution in [0.1, 0.15) is 13.8 Å². The number of hydrogen-bond donors (Lipinski definition) is 1. The largest absolute Gasteiger partial charge is 0.399 e. The van der Waals surface area contributed by atoms with Crippen molar-refractivity contribution in [3.63, 3.8) is 0 Å². The lowest BCUT2D eigenvalue weighted by atomic mass is 10.2. The van der Waals surface area contributed by atoms with E-state index in [-0.39, 0.29) is 0 Å². The molecule has 0 saturated carbocycles. The fraction of sp³-hybridized carbons (Fsp3) is 0.273. The summed E-state index contributed by atoms with van der Waals surface area (Å²) in [4.78, 5) is 8.49. The standard InChI is InChI=1S/C11H13N3S/c1-7(2)15-11-9-4-3-8(12)5-10(9)13-6-14-11/h3-7H,12H2,1-2H3. The molecule has 0 amide bonds. The van der Waals surface area contributed by atoms with Gasteiger partial charge >= 0.3 is 0 Å². The zero-order valence-electron chi connectivity index (χ0n) is 8.77. The van der Waals surface area contributed by atoms with Gasteiger partial charge in [-0.25, -0.2) is 9.97 Å². The highest BCUT2D eigenvalue weighted by atomic mass is 32.2. The first-order chi connectivity index (χ1) is 7.16. The maximum absolute atomic E-state index is 5.71. The molecule has 3 nitrogen and oxygen atoms in total. The second-order valence-corrected chi connectivity index (χ2v) is 5.19. The molecule has 4 heteroatoms. The van der Waals surface area contributed by atoms with Crippen molar-refractivity contribution >= 4 is 28.4 Å². The Hall–Kier alpha value is -1.29. The van der Waals surface area contributed by atoms with Gasteiger partial charge in [0.05, 0.1) is 5.52 Å². The van der Waals surface area contributed by atoms with Gasteiger partial charge in [0.25, 0.3) is 0 Å². The Balaban J connectivity index is 2.56. The highest BCUT2D eigenvalue weighted by molar-refractivity contribution is 8.00. The summed E-state index contributed by atoms with van der Waals surface area (Å²) in [6.07, 6.45) is 1.59. The predicted octanol–water partition coefficient (Wildman–Crippen LogP) is 2.71. The van der Waals surface area contributed by atoms with Crippen molar-refractivity contribution in [2.24, 2.45) is 0 Å². The molecule has 1 heterocycles. The second kappa shape index (κ2) is 4.06. The third kappa shape index (κ3) is 2.21. The molecule has 0 spiro atoms. The lowest BCUT2D eigenvalue weighted by Crippen LogP contribution is -1.93. The van der Waals surface area contributed by atoms with Crippen molar-refractivity contribution in [3.8, 4) is 0 Å². The molecule has 0 fully saturated rings. The molecule has 0 radical (unpaired) electrons. The fourth-order valence-corrected chi connectivity index (χ4v) is 2.22. The number of aromatic nitrogens is 2. The number of rotatable bonds is 2. The zero-order valence-corrected chi connectivity index (χ0v) is 9.58. The van der Waals surface area contributed by atoms with Crippen molar-refractivity contribution < 1.29 is 0 Å². The predicted molar refractivity (Wildman–Crippen MR) is 64.9 cm³/mol. The number of benzene rings is 1. The van der Waals surface area contributed by atoms with Crippen molar-refractivity contribution in [3.05, 3.63) is 24.5 Å². The van der Waals surface area contributed by atoms with Crippen LogP contribution in [0.3, 0.4) is 0 Å². The van der Waals surface area contributed by atoms with Gasteiger partial charge in [-0.1, -0.05) is 13.8 Å². The Morgan fingerprint density at radius 1 is 1.27 bits per heavy atom. The van der Waals surface area contributed by atoms with E-state index in [0.29, 0.717) is 5.25 Å². The molecule has 0 unspecified atom stereocenters. The molecule has 15 heavy (non-hydrogen) atoms. The monoisotopic (exact) mass is 219 g/mol. The number of anilines is 1. The highest BCUT2D eigenvalue weighted by Crippen LogP contribution is 2.28. The number of nitrogen functional groups attached to an aromatic ring is 1. The van der Waals surface area contributed by atoms with Crippen LogP contribution in [0, 0.1) is 0 Å². The zero-order chi connectivity index (χ0) is 10.8. The highest BCUT2D eigenvalue weighted by Gasteiger charge is 2.06. The number of nitrogens with two attached hydrogens (primary N) is 1. The molecule has 78 valence electrons. The normalized spacial score (nSPS) is 11.1. The van der Waals surface area contributed by atoms with E-state index in [0.717, 1.165) is 21.6 Å². The van der Waals surface area contributed by atoms with Gasteiger partial charge in [0, 0.05) is 16.3 Å². The molecule has 0 aliphatic heterocycles. The first kappa shape index (κ1) is 10.2. The van der Waals surface area contributed by atoms with E-state index in [2.05, 4.69) is 23.8 Å². The van der Waals surface area contributed by atoms with E-state index < -0.39 is 0 Å². The smallest absolute Gasteiger partial charge is 0.117 e. The minimum absolute atomic E-state index is 0.514. The summed E-state index contributed by atoms with van der Waals surface area (Å²) in [7, 11) is 0. The van der Waals surface area contributed by atoms with Crippen LogP contribution in [0.2, 0.25) is 0 Å².